The van der Waals surface area contributed by atoms with Crippen molar-refractivity contribution in [1.82, 2.24) is 10.9 Å². The first kappa shape index (κ1) is 16.8. The van der Waals surface area contributed by atoms with Gasteiger partial charge >= 0.3 is 0 Å². The van der Waals surface area contributed by atoms with Crippen LogP contribution in [-0.4, -0.2) is 18.4 Å². The van der Waals surface area contributed by atoms with Gasteiger partial charge in [0, 0.05) is 10.6 Å². The molecule has 2 aromatic rings. The maximum Gasteiger partial charge on any atom is 0.272 e. The van der Waals surface area contributed by atoms with E-state index in [1.165, 1.54) is 12.1 Å². The van der Waals surface area contributed by atoms with Crippen molar-refractivity contribution in [1.29, 1.82) is 0 Å². The van der Waals surface area contributed by atoms with Crippen molar-refractivity contribution in [3.05, 3.63) is 64.4 Å². The summed E-state index contributed by atoms with van der Waals surface area (Å²) in [5.41, 5.74) is 4.46. The highest BCUT2D eigenvalue weighted by atomic mass is 35.5. The van der Waals surface area contributed by atoms with Crippen LogP contribution in [0.4, 0.5) is 4.39 Å². The Labute approximate surface area is 137 Å². The molecule has 2 amide bonds. The Morgan fingerprint density at radius 1 is 1.09 bits per heavy atom. The summed E-state index contributed by atoms with van der Waals surface area (Å²) >= 11 is 5.61. The van der Waals surface area contributed by atoms with Gasteiger partial charge in [0.25, 0.3) is 11.8 Å². The summed E-state index contributed by atoms with van der Waals surface area (Å²) in [5.74, 6) is -1.45. The molecule has 0 bridgehead atoms. The number of hydrazine groups is 1. The molecule has 5 nitrogen and oxygen atoms in total. The lowest BCUT2D eigenvalue weighted by molar-refractivity contribution is 0.0844. The largest absolute Gasteiger partial charge is 0.494 e. The summed E-state index contributed by atoms with van der Waals surface area (Å²) in [4.78, 5) is 23.7. The molecule has 0 atom stereocenters. The topological polar surface area (TPSA) is 67.4 Å². The van der Waals surface area contributed by atoms with Gasteiger partial charge in [-0.1, -0.05) is 11.6 Å². The molecule has 0 unspecified atom stereocenters. The predicted octanol–water partition coefficient (Wildman–Crippen LogP) is 2.95. The predicted molar refractivity (Wildman–Crippen MR) is 84.0 cm³/mol. The van der Waals surface area contributed by atoms with Gasteiger partial charge in [0.05, 0.1) is 12.2 Å². The number of benzene rings is 2. The van der Waals surface area contributed by atoms with Gasteiger partial charge in [-0.3, -0.25) is 20.4 Å². The summed E-state index contributed by atoms with van der Waals surface area (Å²) in [5, 5.41) is 0.178. The Morgan fingerprint density at radius 3 is 2.35 bits per heavy atom. The molecule has 2 N–H and O–H groups in total. The monoisotopic (exact) mass is 336 g/mol. The van der Waals surface area contributed by atoms with Gasteiger partial charge < -0.3 is 4.74 Å². The van der Waals surface area contributed by atoms with E-state index in [4.69, 9.17) is 16.3 Å². The molecule has 23 heavy (non-hydrogen) atoms. The van der Waals surface area contributed by atoms with Crippen LogP contribution in [0.3, 0.4) is 0 Å². The molecule has 0 aliphatic carbocycles. The zero-order valence-corrected chi connectivity index (χ0v) is 13.0. The van der Waals surface area contributed by atoms with Crippen LogP contribution in [0.2, 0.25) is 5.02 Å². The second-order valence-corrected chi connectivity index (χ2v) is 4.93. The maximum absolute atomic E-state index is 13.6. The van der Waals surface area contributed by atoms with Crippen LogP contribution in [0.25, 0.3) is 0 Å². The highest BCUT2D eigenvalue weighted by Gasteiger charge is 2.13. The highest BCUT2D eigenvalue weighted by Crippen LogP contribution is 2.14. The van der Waals surface area contributed by atoms with E-state index in [9.17, 15) is 14.0 Å². The lowest BCUT2D eigenvalue weighted by Gasteiger charge is -2.09. The molecule has 0 aliphatic heterocycles. The van der Waals surface area contributed by atoms with Crippen molar-refractivity contribution in [2.45, 2.75) is 6.92 Å². The fourth-order valence-electron chi connectivity index (χ4n) is 1.80. The Kier molecular flexibility index (Phi) is 5.54. The Morgan fingerprint density at radius 2 is 1.74 bits per heavy atom. The summed E-state index contributed by atoms with van der Waals surface area (Å²) in [6.07, 6.45) is 0. The van der Waals surface area contributed by atoms with Crippen molar-refractivity contribution in [3.63, 3.8) is 0 Å². The molecule has 120 valence electrons. The first-order valence-corrected chi connectivity index (χ1v) is 7.17. The van der Waals surface area contributed by atoms with Gasteiger partial charge in [0.2, 0.25) is 0 Å². The van der Waals surface area contributed by atoms with E-state index >= 15 is 0 Å². The number of hydrogen-bond acceptors (Lipinski definition) is 3. The standard InChI is InChI=1S/C16H14ClFN2O3/c1-2-23-12-6-3-10(4-7-12)15(21)19-20-16(22)13-8-5-11(17)9-14(13)18/h3-9H,2H2,1H3,(H,19,21)(H,20,22). The zero-order valence-electron chi connectivity index (χ0n) is 12.2. The molecule has 0 heterocycles. The average molecular weight is 337 g/mol. The van der Waals surface area contributed by atoms with Crippen molar-refractivity contribution >= 4 is 23.4 Å². The molecule has 0 radical (unpaired) electrons. The maximum atomic E-state index is 13.6. The highest BCUT2D eigenvalue weighted by molar-refractivity contribution is 6.30. The summed E-state index contributed by atoms with van der Waals surface area (Å²) in [6.45, 7) is 2.38. The van der Waals surface area contributed by atoms with Gasteiger partial charge in [-0.15, -0.1) is 0 Å². The molecular formula is C16H14ClFN2O3. The molecule has 7 heteroatoms. The summed E-state index contributed by atoms with van der Waals surface area (Å²) in [6, 6.07) is 10.0. The third kappa shape index (κ3) is 4.43. The molecule has 2 aromatic carbocycles. The Balaban J connectivity index is 1.96. The van der Waals surface area contributed by atoms with E-state index in [1.54, 1.807) is 24.3 Å². The summed E-state index contributed by atoms with van der Waals surface area (Å²) < 4.78 is 18.9. The minimum absolute atomic E-state index is 0.178. The number of nitrogens with one attached hydrogen (secondary N) is 2. The van der Waals surface area contributed by atoms with Crippen molar-refractivity contribution in [2.75, 3.05) is 6.61 Å². The second kappa shape index (κ2) is 7.60. The van der Waals surface area contributed by atoms with Crippen molar-refractivity contribution in [2.24, 2.45) is 0 Å². The van der Waals surface area contributed by atoms with E-state index < -0.39 is 17.6 Å². The van der Waals surface area contributed by atoms with Crippen LogP contribution in [-0.2, 0) is 0 Å². The van der Waals surface area contributed by atoms with Crippen molar-refractivity contribution in [3.8, 4) is 5.75 Å². The number of amides is 2. The molecule has 0 fully saturated rings. The lowest BCUT2D eigenvalue weighted by Crippen LogP contribution is -2.41. The second-order valence-electron chi connectivity index (χ2n) is 4.49. The normalized spacial score (nSPS) is 10.0. The van der Waals surface area contributed by atoms with Gasteiger partial charge in [-0.2, -0.15) is 0 Å². The minimum Gasteiger partial charge on any atom is -0.494 e. The molecule has 0 saturated carbocycles. The van der Waals surface area contributed by atoms with Crippen molar-refractivity contribution < 1.29 is 18.7 Å². The number of halogens is 2. The number of carbonyl (C=O) groups excluding carboxylic acids is 2. The van der Waals surface area contributed by atoms with Gasteiger partial charge in [-0.05, 0) is 49.4 Å². The molecule has 0 spiro atoms. The van der Waals surface area contributed by atoms with E-state index in [1.807, 2.05) is 6.92 Å². The van der Waals surface area contributed by atoms with E-state index in [0.29, 0.717) is 17.9 Å². The number of carbonyl (C=O) groups is 2. The fourth-order valence-corrected chi connectivity index (χ4v) is 1.95. The zero-order chi connectivity index (χ0) is 16.8. The molecule has 0 saturated heterocycles. The number of rotatable bonds is 4. The van der Waals surface area contributed by atoms with Crippen LogP contribution < -0.4 is 15.6 Å². The van der Waals surface area contributed by atoms with E-state index in [0.717, 1.165) is 6.07 Å². The van der Waals surface area contributed by atoms with Gasteiger partial charge in [-0.25, -0.2) is 4.39 Å². The quantitative estimate of drug-likeness (QED) is 0.843. The van der Waals surface area contributed by atoms with Crippen LogP contribution in [0, 0.1) is 5.82 Å². The molecule has 2 rings (SSSR count). The smallest absolute Gasteiger partial charge is 0.272 e. The van der Waals surface area contributed by atoms with E-state index in [-0.39, 0.29) is 10.6 Å². The Hall–Kier alpha value is -2.60. The van der Waals surface area contributed by atoms with Crippen LogP contribution >= 0.6 is 11.6 Å². The lowest BCUT2D eigenvalue weighted by atomic mass is 10.2. The SMILES string of the molecule is CCOc1ccc(C(=O)NNC(=O)c2ccc(Cl)cc2F)cc1. The molecular weight excluding hydrogens is 323 g/mol. The van der Waals surface area contributed by atoms with Crippen LogP contribution in [0.5, 0.6) is 5.75 Å². The summed E-state index contributed by atoms with van der Waals surface area (Å²) in [7, 11) is 0. The fraction of sp³-hybridized carbons (Fsp3) is 0.125. The van der Waals surface area contributed by atoms with Gasteiger partial charge in [0.15, 0.2) is 0 Å². The van der Waals surface area contributed by atoms with Gasteiger partial charge in [0.1, 0.15) is 11.6 Å². The first-order valence-electron chi connectivity index (χ1n) is 6.80. The van der Waals surface area contributed by atoms with Crippen LogP contribution in [0.15, 0.2) is 42.5 Å². The number of ether oxygens (including phenoxy) is 1. The molecule has 0 aliphatic rings. The number of hydrogen-bond donors (Lipinski definition) is 2. The minimum atomic E-state index is -0.779. The third-order valence-electron chi connectivity index (χ3n) is 2.89. The van der Waals surface area contributed by atoms with E-state index in [2.05, 4.69) is 10.9 Å². The molecule has 0 aromatic heterocycles. The Bertz CT molecular complexity index is 720. The third-order valence-corrected chi connectivity index (χ3v) is 3.13. The first-order chi connectivity index (χ1) is 11.0. The average Bonchev–Trinajstić information content (AvgIpc) is 2.53. The van der Waals surface area contributed by atoms with Crippen LogP contribution in [0.1, 0.15) is 27.6 Å².